The van der Waals surface area contributed by atoms with Crippen molar-refractivity contribution in [1.29, 1.82) is 0 Å². The molecule has 0 unspecified atom stereocenters. The zero-order chi connectivity index (χ0) is 31.3. The number of nitrogens with one attached hydrogen (secondary N) is 2. The molecule has 3 aliphatic rings. The Balaban J connectivity index is 0.00000529. The molecule has 3 atom stereocenters. The van der Waals surface area contributed by atoms with Crippen LogP contribution < -0.4 is 25.2 Å². The largest absolute Gasteiger partial charge is 0.476 e. The highest BCUT2D eigenvalue weighted by molar-refractivity contribution is 6.04. The van der Waals surface area contributed by atoms with Crippen molar-refractivity contribution in [3.63, 3.8) is 0 Å². The number of carbonyl (C=O) groups excluding carboxylic acids is 3. The summed E-state index contributed by atoms with van der Waals surface area (Å²) in [4.78, 5) is 43.9. The fraction of sp³-hybridized carbons (Fsp3) is 0.719. The first-order valence-corrected chi connectivity index (χ1v) is 15.7. The predicted molar refractivity (Wildman–Crippen MR) is 170 cm³/mol. The molecule has 2 heterocycles. The fourth-order valence-electron chi connectivity index (χ4n) is 6.02. The van der Waals surface area contributed by atoms with Crippen molar-refractivity contribution >= 4 is 41.5 Å². The number of benzene rings is 1. The molecular weight excluding hydrogens is 591 g/mol. The second-order valence-corrected chi connectivity index (χ2v) is 12.9. The number of fused-ring (bicyclic) bond motifs is 1. The van der Waals surface area contributed by atoms with E-state index in [9.17, 15) is 14.4 Å². The van der Waals surface area contributed by atoms with E-state index in [4.69, 9.17) is 14.2 Å². The molecule has 44 heavy (non-hydrogen) atoms. The van der Waals surface area contributed by atoms with Crippen LogP contribution in [0.2, 0.25) is 0 Å². The molecular formula is C32H50ClFN4O6. The van der Waals surface area contributed by atoms with Crippen molar-refractivity contribution in [3.05, 3.63) is 17.9 Å². The number of nitrogens with zero attached hydrogens (tertiary/aromatic N) is 2. The number of ether oxygens (including phenoxy) is 3. The summed E-state index contributed by atoms with van der Waals surface area (Å²) in [6, 6.07) is 2.63. The van der Waals surface area contributed by atoms with Crippen molar-refractivity contribution in [1.82, 2.24) is 10.6 Å². The molecule has 0 spiro atoms. The summed E-state index contributed by atoms with van der Waals surface area (Å²) in [5.74, 6) is -1.35. The minimum atomic E-state index is -1.15. The Morgan fingerprint density at radius 1 is 1.23 bits per heavy atom. The van der Waals surface area contributed by atoms with E-state index in [1.165, 1.54) is 6.07 Å². The normalized spacial score (nSPS) is 21.6. The van der Waals surface area contributed by atoms with Gasteiger partial charge in [0.1, 0.15) is 5.75 Å². The third-order valence-electron chi connectivity index (χ3n) is 8.28. The lowest BCUT2D eigenvalue weighted by atomic mass is 9.88. The molecule has 1 saturated carbocycles. The third kappa shape index (κ3) is 8.62. The molecule has 3 amide bonds. The second-order valence-electron chi connectivity index (χ2n) is 12.9. The topological polar surface area (TPSA) is 109 Å². The fourth-order valence-corrected chi connectivity index (χ4v) is 6.02. The van der Waals surface area contributed by atoms with Gasteiger partial charge in [-0.1, -0.05) is 13.8 Å². The lowest BCUT2D eigenvalue weighted by molar-refractivity contribution is -0.132. The molecule has 2 aliphatic heterocycles. The van der Waals surface area contributed by atoms with Crippen LogP contribution in [0.25, 0.3) is 0 Å². The maximum Gasteiger partial charge on any atom is 0.270 e. The van der Waals surface area contributed by atoms with Crippen molar-refractivity contribution in [3.8, 4) is 5.75 Å². The van der Waals surface area contributed by atoms with Crippen LogP contribution in [0.15, 0.2) is 12.1 Å². The Hall–Kier alpha value is -2.47. The molecule has 2 fully saturated rings. The molecule has 0 bridgehead atoms. The van der Waals surface area contributed by atoms with Crippen LogP contribution in [0.5, 0.6) is 5.75 Å². The van der Waals surface area contributed by atoms with Gasteiger partial charge in [0.2, 0.25) is 11.8 Å². The molecule has 0 aromatic heterocycles. The van der Waals surface area contributed by atoms with Crippen LogP contribution in [-0.2, 0) is 23.9 Å². The molecule has 1 aliphatic carbocycles. The van der Waals surface area contributed by atoms with Gasteiger partial charge in [-0.15, -0.1) is 12.4 Å². The van der Waals surface area contributed by atoms with Crippen molar-refractivity contribution < 1.29 is 33.0 Å². The van der Waals surface area contributed by atoms with Gasteiger partial charge in [0.25, 0.3) is 5.91 Å². The average molecular weight is 641 g/mol. The third-order valence-corrected chi connectivity index (χ3v) is 8.28. The summed E-state index contributed by atoms with van der Waals surface area (Å²) < 4.78 is 32.5. The highest BCUT2D eigenvalue weighted by atomic mass is 35.5. The maximum absolute atomic E-state index is 15.8. The molecule has 1 aromatic carbocycles. The number of halogens is 2. The summed E-state index contributed by atoms with van der Waals surface area (Å²) in [5.41, 5.74) is -0.570. The number of hydrogen-bond acceptors (Lipinski definition) is 7. The lowest BCUT2D eigenvalue weighted by Crippen LogP contribution is -2.53. The molecule has 1 aromatic rings. The lowest BCUT2D eigenvalue weighted by Gasteiger charge is -2.40. The van der Waals surface area contributed by atoms with Crippen molar-refractivity contribution in [2.24, 2.45) is 17.8 Å². The van der Waals surface area contributed by atoms with Crippen molar-refractivity contribution in [2.75, 3.05) is 56.4 Å². The summed E-state index contributed by atoms with van der Waals surface area (Å²) in [5, 5.41) is 6.41. The molecule has 12 heteroatoms. The summed E-state index contributed by atoms with van der Waals surface area (Å²) in [6.07, 6.45) is 3.29. The Labute approximate surface area is 267 Å². The molecule has 10 nitrogen and oxygen atoms in total. The second kappa shape index (κ2) is 15.7. The molecule has 0 radical (unpaired) electrons. The summed E-state index contributed by atoms with van der Waals surface area (Å²) in [6.45, 7) is 12.2. The van der Waals surface area contributed by atoms with E-state index < -0.39 is 23.3 Å². The number of amides is 3. The van der Waals surface area contributed by atoms with Gasteiger partial charge in [0, 0.05) is 52.1 Å². The van der Waals surface area contributed by atoms with E-state index in [1.54, 1.807) is 36.8 Å². The van der Waals surface area contributed by atoms with Gasteiger partial charge in [0.15, 0.2) is 11.4 Å². The number of methoxy groups -OCH3 is 1. The van der Waals surface area contributed by atoms with Crippen LogP contribution in [0, 0.1) is 23.6 Å². The predicted octanol–water partition coefficient (Wildman–Crippen LogP) is 4.08. The van der Waals surface area contributed by atoms with E-state index in [-0.39, 0.29) is 53.6 Å². The number of rotatable bonds is 14. The monoisotopic (exact) mass is 640 g/mol. The van der Waals surface area contributed by atoms with Gasteiger partial charge in [0.05, 0.1) is 35.9 Å². The van der Waals surface area contributed by atoms with Crippen LogP contribution in [-0.4, -0.2) is 82.0 Å². The Kier molecular flexibility index (Phi) is 12.8. The zero-order valence-corrected chi connectivity index (χ0v) is 27.8. The minimum Gasteiger partial charge on any atom is -0.476 e. The first-order valence-electron chi connectivity index (χ1n) is 15.7. The van der Waals surface area contributed by atoms with Crippen LogP contribution >= 0.6 is 12.4 Å². The Morgan fingerprint density at radius 2 is 1.93 bits per heavy atom. The number of piperidine rings is 1. The first kappa shape index (κ1) is 36.0. The van der Waals surface area contributed by atoms with Gasteiger partial charge >= 0.3 is 0 Å². The highest BCUT2D eigenvalue weighted by Gasteiger charge is 2.44. The number of anilines is 2. The first-order chi connectivity index (χ1) is 20.5. The average Bonchev–Trinajstić information content (AvgIpc) is 3.79. The molecule has 248 valence electrons. The summed E-state index contributed by atoms with van der Waals surface area (Å²) in [7, 11) is 1.60. The molecule has 4 rings (SSSR count). The Bertz CT molecular complexity index is 1160. The van der Waals surface area contributed by atoms with E-state index >= 15 is 4.39 Å². The van der Waals surface area contributed by atoms with Gasteiger partial charge in [-0.05, 0) is 64.9 Å². The maximum atomic E-state index is 15.8. The Morgan fingerprint density at radius 3 is 2.57 bits per heavy atom. The van der Waals surface area contributed by atoms with E-state index in [2.05, 4.69) is 24.5 Å². The minimum absolute atomic E-state index is 0. The number of hydrogen-bond donors (Lipinski definition) is 2. The highest BCUT2D eigenvalue weighted by Crippen LogP contribution is 2.44. The van der Waals surface area contributed by atoms with E-state index in [0.717, 1.165) is 19.3 Å². The van der Waals surface area contributed by atoms with E-state index in [0.29, 0.717) is 63.9 Å². The van der Waals surface area contributed by atoms with Crippen LogP contribution in [0.4, 0.5) is 15.8 Å². The SMILES string of the molecule is CCOC[C@@H](CC(C)C)NC(=O)[C@@H]1CNC[C@H](C(=O)N(c2cc3c(cc2F)OC(C)(C)C(=O)N3CCCOC)C2CC2)C1.Cl. The standard InChI is InChI=1S/C32H49FN4O6.ClH/c1-7-42-19-23(13-20(2)3)35-29(38)21-14-22(18-34-17-21)30(39)37(24-9-10-24)26-16-27-28(15-25(26)33)43-32(4,5)31(40)36(27)11-8-12-41-6;/h15-16,20-24,34H,7-14,17-19H2,1-6H3,(H,35,38);1H/t21-,22+,23+;/m0./s1. The smallest absolute Gasteiger partial charge is 0.270 e. The van der Waals surface area contributed by atoms with Gasteiger partial charge < -0.3 is 34.6 Å². The van der Waals surface area contributed by atoms with Gasteiger partial charge in [-0.25, -0.2) is 4.39 Å². The molecule has 1 saturated heterocycles. The van der Waals surface area contributed by atoms with E-state index in [1.807, 2.05) is 6.92 Å². The van der Waals surface area contributed by atoms with Gasteiger partial charge in [-0.2, -0.15) is 0 Å². The van der Waals surface area contributed by atoms with Crippen molar-refractivity contribution in [2.45, 2.75) is 84.4 Å². The van der Waals surface area contributed by atoms with Crippen LogP contribution in [0.3, 0.4) is 0 Å². The van der Waals surface area contributed by atoms with Crippen LogP contribution in [0.1, 0.15) is 66.7 Å². The molecule has 2 N–H and O–H groups in total. The zero-order valence-electron chi connectivity index (χ0n) is 26.9. The van der Waals surface area contributed by atoms with Gasteiger partial charge in [-0.3, -0.25) is 14.4 Å². The quantitative estimate of drug-likeness (QED) is 0.295. The number of carbonyl (C=O) groups is 3. The summed E-state index contributed by atoms with van der Waals surface area (Å²) >= 11 is 0.